The zero-order valence-corrected chi connectivity index (χ0v) is 13.2. The predicted octanol–water partition coefficient (Wildman–Crippen LogP) is 0.580. The fraction of sp³-hybridized carbons (Fsp3) is 0.462. The monoisotopic (exact) mass is 328 g/mol. The van der Waals surface area contributed by atoms with Crippen LogP contribution < -0.4 is 4.72 Å². The summed E-state index contributed by atoms with van der Waals surface area (Å²) in [7, 11) is -6.77. The molecule has 21 heavy (non-hydrogen) atoms. The van der Waals surface area contributed by atoms with Crippen LogP contribution in [0, 0.1) is 24.2 Å². The van der Waals surface area contributed by atoms with Crippen LogP contribution in [0.25, 0.3) is 0 Å². The van der Waals surface area contributed by atoms with Crippen LogP contribution in [-0.4, -0.2) is 34.9 Å². The maximum atomic E-state index is 12.3. The number of aryl methyl sites for hydroxylation is 1. The van der Waals surface area contributed by atoms with Crippen molar-refractivity contribution in [1.29, 1.82) is 5.26 Å². The van der Waals surface area contributed by atoms with Crippen LogP contribution in [0.3, 0.4) is 0 Å². The Bertz CT molecular complexity index is 792. The first-order valence-corrected chi connectivity index (χ1v) is 9.75. The van der Waals surface area contributed by atoms with E-state index in [9.17, 15) is 16.8 Å². The standard InChI is InChI=1S/C13H16N2O4S2/c1-10-2-3-11(7-14)6-13(10)21(18,19)15-8-12-4-5-20(16,17)9-12/h2-3,6,12,15H,4-5,8-9H2,1H3. The van der Waals surface area contributed by atoms with Crippen molar-refractivity contribution in [3.05, 3.63) is 29.3 Å². The van der Waals surface area contributed by atoms with Gasteiger partial charge in [-0.3, -0.25) is 0 Å². The van der Waals surface area contributed by atoms with Crippen LogP contribution in [0.15, 0.2) is 23.1 Å². The number of benzene rings is 1. The summed E-state index contributed by atoms with van der Waals surface area (Å²) in [6.45, 7) is 1.74. The summed E-state index contributed by atoms with van der Waals surface area (Å²) in [5.41, 5.74) is 0.810. The van der Waals surface area contributed by atoms with E-state index in [0.29, 0.717) is 12.0 Å². The molecule has 8 heteroatoms. The van der Waals surface area contributed by atoms with E-state index >= 15 is 0 Å². The first-order chi connectivity index (χ1) is 9.73. The molecule has 1 N–H and O–H groups in total. The summed E-state index contributed by atoms with van der Waals surface area (Å²) >= 11 is 0. The number of rotatable bonds is 4. The van der Waals surface area contributed by atoms with E-state index in [2.05, 4.69) is 4.72 Å². The normalized spacial score (nSPS) is 21.0. The van der Waals surface area contributed by atoms with Crippen LogP contribution in [0.5, 0.6) is 0 Å². The summed E-state index contributed by atoms with van der Waals surface area (Å²) in [5.74, 6) is -0.0565. The van der Waals surface area contributed by atoms with Gasteiger partial charge in [-0.05, 0) is 37.0 Å². The third-order valence-electron chi connectivity index (χ3n) is 3.50. The molecule has 1 aromatic rings. The van der Waals surface area contributed by atoms with Gasteiger partial charge in [-0.2, -0.15) is 5.26 Å². The lowest BCUT2D eigenvalue weighted by molar-refractivity contribution is 0.543. The smallest absolute Gasteiger partial charge is 0.229 e. The maximum absolute atomic E-state index is 12.3. The molecule has 1 aliphatic heterocycles. The van der Waals surface area contributed by atoms with E-state index in [-0.39, 0.29) is 34.4 Å². The molecular formula is C13H16N2O4S2. The van der Waals surface area contributed by atoms with Crippen molar-refractivity contribution in [3.63, 3.8) is 0 Å². The minimum Gasteiger partial charge on any atom is -0.229 e. The van der Waals surface area contributed by atoms with Gasteiger partial charge in [0.25, 0.3) is 0 Å². The number of sulfone groups is 1. The van der Waals surface area contributed by atoms with Crippen LogP contribution in [0.4, 0.5) is 0 Å². The number of hydrogen-bond acceptors (Lipinski definition) is 5. The van der Waals surface area contributed by atoms with Crippen LogP contribution in [0.1, 0.15) is 17.5 Å². The summed E-state index contributed by atoms with van der Waals surface area (Å²) < 4.78 is 49.7. The molecular weight excluding hydrogens is 312 g/mol. The molecule has 1 fully saturated rings. The number of sulfonamides is 1. The Labute approximate surface area is 124 Å². The number of nitrogens with zero attached hydrogens (tertiary/aromatic N) is 1. The molecule has 1 saturated heterocycles. The van der Waals surface area contributed by atoms with Gasteiger partial charge >= 0.3 is 0 Å². The fourth-order valence-corrected chi connectivity index (χ4v) is 5.54. The van der Waals surface area contributed by atoms with Gasteiger partial charge in [0, 0.05) is 6.54 Å². The van der Waals surface area contributed by atoms with Gasteiger partial charge in [0.05, 0.1) is 28.0 Å². The molecule has 114 valence electrons. The van der Waals surface area contributed by atoms with Crippen molar-refractivity contribution in [2.45, 2.75) is 18.2 Å². The lowest BCUT2D eigenvalue weighted by atomic mass is 10.1. The minimum absolute atomic E-state index is 0.0206. The molecule has 0 saturated carbocycles. The molecule has 0 bridgehead atoms. The molecule has 0 radical (unpaired) electrons. The van der Waals surface area contributed by atoms with Gasteiger partial charge in [0.1, 0.15) is 0 Å². The molecule has 6 nitrogen and oxygen atoms in total. The maximum Gasteiger partial charge on any atom is 0.240 e. The second kappa shape index (κ2) is 5.75. The SMILES string of the molecule is Cc1ccc(C#N)cc1S(=O)(=O)NCC1CCS(=O)(=O)C1. The topological polar surface area (TPSA) is 104 Å². The lowest BCUT2D eigenvalue weighted by Crippen LogP contribution is -2.30. The highest BCUT2D eigenvalue weighted by Gasteiger charge is 2.29. The summed E-state index contributed by atoms with van der Waals surface area (Å²) in [4.78, 5) is 0.0578. The molecule has 1 unspecified atom stereocenters. The highest BCUT2D eigenvalue weighted by molar-refractivity contribution is 7.91. The third kappa shape index (κ3) is 3.81. The summed E-state index contributed by atoms with van der Waals surface area (Å²) in [5, 5.41) is 8.85. The highest BCUT2D eigenvalue weighted by atomic mass is 32.2. The first-order valence-electron chi connectivity index (χ1n) is 6.44. The van der Waals surface area contributed by atoms with Gasteiger partial charge in [-0.15, -0.1) is 0 Å². The van der Waals surface area contributed by atoms with Gasteiger partial charge < -0.3 is 0 Å². The molecule has 0 aliphatic carbocycles. The zero-order valence-electron chi connectivity index (χ0n) is 11.5. The number of nitrogens with one attached hydrogen (secondary N) is 1. The van der Waals surface area contributed by atoms with E-state index in [1.54, 1.807) is 19.1 Å². The Balaban J connectivity index is 2.14. The van der Waals surface area contributed by atoms with Crippen LogP contribution >= 0.6 is 0 Å². The van der Waals surface area contributed by atoms with Crippen LogP contribution in [0.2, 0.25) is 0 Å². The van der Waals surface area contributed by atoms with Crippen molar-refractivity contribution < 1.29 is 16.8 Å². The van der Waals surface area contributed by atoms with Crippen molar-refractivity contribution in [3.8, 4) is 6.07 Å². The summed E-state index contributed by atoms with van der Waals surface area (Å²) in [6.07, 6.45) is 0.474. The van der Waals surface area contributed by atoms with E-state index < -0.39 is 19.9 Å². The Morgan fingerprint density at radius 1 is 1.43 bits per heavy atom. The van der Waals surface area contributed by atoms with E-state index in [0.717, 1.165) is 0 Å². The molecule has 1 aliphatic rings. The van der Waals surface area contributed by atoms with E-state index in [4.69, 9.17) is 5.26 Å². The molecule has 1 heterocycles. The summed E-state index contributed by atoms with van der Waals surface area (Å²) in [6, 6.07) is 6.36. The zero-order chi connectivity index (χ0) is 15.7. The minimum atomic E-state index is -3.74. The Hall–Kier alpha value is -1.43. The van der Waals surface area contributed by atoms with Crippen LogP contribution in [-0.2, 0) is 19.9 Å². The highest BCUT2D eigenvalue weighted by Crippen LogP contribution is 2.20. The third-order valence-corrected chi connectivity index (χ3v) is 6.90. The lowest BCUT2D eigenvalue weighted by Gasteiger charge is -2.12. The van der Waals surface area contributed by atoms with E-state index in [1.807, 2.05) is 6.07 Å². The van der Waals surface area contributed by atoms with E-state index in [1.165, 1.54) is 6.07 Å². The molecule has 0 spiro atoms. The van der Waals surface area contributed by atoms with Gasteiger partial charge in [-0.25, -0.2) is 21.6 Å². The Morgan fingerprint density at radius 2 is 2.14 bits per heavy atom. The van der Waals surface area contributed by atoms with Gasteiger partial charge in [-0.1, -0.05) is 6.07 Å². The predicted molar refractivity (Wildman–Crippen MR) is 77.8 cm³/mol. The largest absolute Gasteiger partial charge is 0.240 e. The van der Waals surface area contributed by atoms with Crippen molar-refractivity contribution in [2.24, 2.45) is 5.92 Å². The van der Waals surface area contributed by atoms with Crippen molar-refractivity contribution >= 4 is 19.9 Å². The first kappa shape index (κ1) is 15.9. The average molecular weight is 328 g/mol. The van der Waals surface area contributed by atoms with Crippen molar-refractivity contribution in [1.82, 2.24) is 4.72 Å². The van der Waals surface area contributed by atoms with Crippen molar-refractivity contribution in [2.75, 3.05) is 18.1 Å². The molecule has 2 rings (SSSR count). The Kier molecular flexibility index (Phi) is 4.37. The number of nitriles is 1. The quantitative estimate of drug-likeness (QED) is 0.870. The second-order valence-electron chi connectivity index (χ2n) is 5.21. The molecule has 1 aromatic carbocycles. The average Bonchev–Trinajstić information content (AvgIpc) is 2.76. The second-order valence-corrected chi connectivity index (χ2v) is 9.18. The molecule has 1 atom stereocenters. The van der Waals surface area contributed by atoms with Gasteiger partial charge in [0.2, 0.25) is 10.0 Å². The molecule has 0 amide bonds. The molecule has 0 aromatic heterocycles. The fourth-order valence-electron chi connectivity index (χ4n) is 2.30. The number of hydrogen-bond donors (Lipinski definition) is 1. The Morgan fingerprint density at radius 3 is 2.71 bits per heavy atom. The van der Waals surface area contributed by atoms with Gasteiger partial charge in [0.15, 0.2) is 9.84 Å².